The van der Waals surface area contributed by atoms with Gasteiger partial charge in [-0.15, -0.1) is 0 Å². The second-order valence-corrected chi connectivity index (χ2v) is 11.2. The molecule has 1 saturated heterocycles. The van der Waals surface area contributed by atoms with E-state index in [1.165, 1.54) is 12.1 Å². The summed E-state index contributed by atoms with van der Waals surface area (Å²) in [5.74, 6) is -3.15. The molecule has 10 heteroatoms. The van der Waals surface area contributed by atoms with Gasteiger partial charge in [0.25, 0.3) is 0 Å². The Morgan fingerprint density at radius 3 is 2.43 bits per heavy atom. The first-order chi connectivity index (χ1) is 13.7. The van der Waals surface area contributed by atoms with Gasteiger partial charge in [-0.25, -0.2) is 22.0 Å². The van der Waals surface area contributed by atoms with Crippen LogP contribution >= 0.6 is 0 Å². The van der Waals surface area contributed by atoms with Crippen molar-refractivity contribution in [3.05, 3.63) is 29.3 Å². The van der Waals surface area contributed by atoms with Crippen LogP contribution in [-0.2, 0) is 24.8 Å². The quantitative estimate of drug-likeness (QED) is 0.754. The zero-order valence-corrected chi connectivity index (χ0v) is 18.2. The molecule has 2 amide bonds. The fourth-order valence-corrected chi connectivity index (χ4v) is 5.25. The molecule has 7 nitrogen and oxygen atoms in total. The number of sulfone groups is 1. The molecule has 0 bridgehead atoms. The lowest BCUT2D eigenvalue weighted by molar-refractivity contribution is -0.118. The molecule has 0 unspecified atom stereocenters. The Labute approximate surface area is 174 Å². The van der Waals surface area contributed by atoms with Gasteiger partial charge in [0.05, 0.1) is 11.4 Å². The van der Waals surface area contributed by atoms with Gasteiger partial charge in [0.2, 0.25) is 5.91 Å². The van der Waals surface area contributed by atoms with Crippen LogP contribution in [0.5, 0.6) is 0 Å². The largest absolute Gasteiger partial charge is 0.444 e. The van der Waals surface area contributed by atoms with Gasteiger partial charge in [0, 0.05) is 18.2 Å². The van der Waals surface area contributed by atoms with Crippen molar-refractivity contribution in [3.8, 4) is 0 Å². The lowest BCUT2D eigenvalue weighted by atomic mass is 9.96. The normalized spacial score (nSPS) is 20.9. The molecule has 1 N–H and O–H groups in total. The van der Waals surface area contributed by atoms with Gasteiger partial charge in [-0.05, 0) is 51.7 Å². The van der Waals surface area contributed by atoms with E-state index in [0.29, 0.717) is 12.8 Å². The van der Waals surface area contributed by atoms with E-state index in [2.05, 4.69) is 5.32 Å². The van der Waals surface area contributed by atoms with Crippen molar-refractivity contribution >= 4 is 27.5 Å². The molecule has 1 heterocycles. The highest BCUT2D eigenvalue weighted by Gasteiger charge is 2.49. The lowest BCUT2D eigenvalue weighted by Gasteiger charge is -2.23. The topological polar surface area (TPSA) is 92.8 Å². The first kappa shape index (κ1) is 22.5. The maximum Gasteiger partial charge on any atom is 0.408 e. The Hall–Kier alpha value is -2.23. The van der Waals surface area contributed by atoms with Crippen LogP contribution in [-0.4, -0.2) is 50.6 Å². The summed E-state index contributed by atoms with van der Waals surface area (Å²) < 4.78 is 58.2. The van der Waals surface area contributed by atoms with E-state index in [1.54, 1.807) is 20.8 Å². The summed E-state index contributed by atoms with van der Waals surface area (Å²) in [7, 11) is -3.37. The number of rotatable bonds is 5. The Kier molecular flexibility index (Phi) is 5.59. The molecule has 2 aliphatic rings. The van der Waals surface area contributed by atoms with Crippen molar-refractivity contribution in [1.29, 1.82) is 0 Å². The van der Waals surface area contributed by atoms with E-state index in [-0.39, 0.29) is 30.0 Å². The maximum atomic E-state index is 14.9. The van der Waals surface area contributed by atoms with Crippen molar-refractivity contribution in [2.75, 3.05) is 23.5 Å². The third kappa shape index (κ3) is 4.74. The molecular formula is C20H26F2N2O5S. The van der Waals surface area contributed by atoms with Gasteiger partial charge in [-0.2, -0.15) is 0 Å². The second kappa shape index (κ2) is 7.47. The minimum atomic E-state index is -3.37. The Bertz CT molecular complexity index is 984. The standard InChI is InChI=1S/C20H26F2N2O5S/c1-19(2,3)29-18(26)23-13-7-10-24(17(13)25)14-6-5-12(15(21)16(14)22)20(8-9-20)11-30(4,27)28/h5-6,13H,7-11H2,1-4H3,(H,23,26)/t13-/m1/s1. The molecule has 30 heavy (non-hydrogen) atoms. The number of anilines is 1. The van der Waals surface area contributed by atoms with Crippen LogP contribution in [0.4, 0.5) is 19.3 Å². The maximum absolute atomic E-state index is 14.9. The Morgan fingerprint density at radius 2 is 1.90 bits per heavy atom. The van der Waals surface area contributed by atoms with Crippen LogP contribution in [0.25, 0.3) is 0 Å². The zero-order valence-electron chi connectivity index (χ0n) is 17.4. The van der Waals surface area contributed by atoms with Crippen LogP contribution in [0.3, 0.4) is 0 Å². The van der Waals surface area contributed by atoms with Crippen molar-refractivity contribution < 1.29 is 31.5 Å². The number of carbonyl (C=O) groups is 2. The summed E-state index contributed by atoms with van der Waals surface area (Å²) in [6.07, 6.45) is 1.44. The summed E-state index contributed by atoms with van der Waals surface area (Å²) >= 11 is 0. The van der Waals surface area contributed by atoms with Crippen LogP contribution in [0.1, 0.15) is 45.6 Å². The third-order valence-corrected chi connectivity index (χ3v) is 6.29. The first-order valence-corrected chi connectivity index (χ1v) is 11.8. The fourth-order valence-electron chi connectivity index (χ4n) is 3.80. The number of ether oxygens (including phenoxy) is 1. The zero-order chi connectivity index (χ0) is 22.5. The minimum Gasteiger partial charge on any atom is -0.444 e. The number of amides is 2. The Balaban J connectivity index is 1.78. The number of carbonyl (C=O) groups excluding carboxylic acids is 2. The molecule has 1 atom stereocenters. The highest BCUT2D eigenvalue weighted by Crippen LogP contribution is 2.51. The number of nitrogens with zero attached hydrogens (tertiary/aromatic N) is 1. The number of alkyl carbamates (subject to hydrolysis) is 1. The van der Waals surface area contributed by atoms with Crippen LogP contribution < -0.4 is 10.2 Å². The molecule has 0 spiro atoms. The average molecular weight is 445 g/mol. The third-order valence-electron chi connectivity index (χ3n) is 5.21. The van der Waals surface area contributed by atoms with E-state index in [9.17, 15) is 26.8 Å². The highest BCUT2D eigenvalue weighted by atomic mass is 32.2. The summed E-state index contributed by atoms with van der Waals surface area (Å²) in [4.78, 5) is 25.6. The van der Waals surface area contributed by atoms with Gasteiger partial charge in [0.1, 0.15) is 21.5 Å². The smallest absolute Gasteiger partial charge is 0.408 e. The SMILES string of the molecule is CC(C)(C)OC(=O)N[C@@H]1CCN(c2ccc(C3(CS(C)(=O)=O)CC3)c(F)c2F)C1=O. The highest BCUT2D eigenvalue weighted by molar-refractivity contribution is 7.90. The second-order valence-electron chi connectivity index (χ2n) is 9.09. The summed E-state index contributed by atoms with van der Waals surface area (Å²) in [5, 5.41) is 2.46. The van der Waals surface area contributed by atoms with Crippen LogP contribution in [0.15, 0.2) is 12.1 Å². The number of hydrogen-bond acceptors (Lipinski definition) is 5. The summed E-state index contributed by atoms with van der Waals surface area (Å²) in [6, 6.07) is 1.75. The molecule has 1 aliphatic carbocycles. The molecule has 0 radical (unpaired) electrons. The number of halogens is 2. The molecular weight excluding hydrogens is 418 g/mol. The lowest BCUT2D eigenvalue weighted by Crippen LogP contribution is -2.44. The fraction of sp³-hybridized carbons (Fsp3) is 0.600. The summed E-state index contributed by atoms with van der Waals surface area (Å²) in [5.41, 5.74) is -1.86. The first-order valence-electron chi connectivity index (χ1n) is 9.70. The Morgan fingerprint density at radius 1 is 1.27 bits per heavy atom. The molecule has 1 aromatic rings. The van der Waals surface area contributed by atoms with Gasteiger partial charge >= 0.3 is 6.09 Å². The number of nitrogens with one attached hydrogen (secondary N) is 1. The van der Waals surface area contributed by atoms with E-state index in [1.807, 2.05) is 0 Å². The molecule has 0 aromatic heterocycles. The number of benzene rings is 1. The minimum absolute atomic E-state index is 0.0178. The molecule has 2 fully saturated rings. The van der Waals surface area contributed by atoms with E-state index >= 15 is 0 Å². The van der Waals surface area contributed by atoms with Crippen molar-refractivity contribution in [2.45, 2.75) is 57.1 Å². The van der Waals surface area contributed by atoms with Crippen LogP contribution in [0.2, 0.25) is 0 Å². The van der Waals surface area contributed by atoms with Crippen LogP contribution in [0, 0.1) is 11.6 Å². The van der Waals surface area contributed by atoms with Gasteiger partial charge in [0.15, 0.2) is 11.6 Å². The monoisotopic (exact) mass is 444 g/mol. The summed E-state index contributed by atoms with van der Waals surface area (Å²) in [6.45, 7) is 5.16. The van der Waals surface area contributed by atoms with E-state index in [4.69, 9.17) is 4.74 Å². The molecule has 1 aliphatic heterocycles. The average Bonchev–Trinajstić information content (AvgIpc) is 3.24. The van der Waals surface area contributed by atoms with Gasteiger partial charge in [-0.3, -0.25) is 4.79 Å². The van der Waals surface area contributed by atoms with Crippen molar-refractivity contribution in [1.82, 2.24) is 5.32 Å². The van der Waals surface area contributed by atoms with Crippen molar-refractivity contribution in [2.24, 2.45) is 0 Å². The predicted molar refractivity (Wildman–Crippen MR) is 107 cm³/mol. The van der Waals surface area contributed by atoms with Gasteiger partial charge < -0.3 is 15.0 Å². The van der Waals surface area contributed by atoms with Crippen molar-refractivity contribution in [3.63, 3.8) is 0 Å². The molecule has 3 rings (SSSR count). The number of hydrogen-bond donors (Lipinski definition) is 1. The van der Waals surface area contributed by atoms with E-state index < -0.39 is 50.5 Å². The molecule has 1 saturated carbocycles. The predicted octanol–water partition coefficient (Wildman–Crippen LogP) is 2.67. The van der Waals surface area contributed by atoms with Gasteiger partial charge in [-0.1, -0.05) is 6.07 Å². The molecule has 166 valence electrons. The molecule has 1 aromatic carbocycles. The van der Waals surface area contributed by atoms with E-state index in [0.717, 1.165) is 11.2 Å².